The van der Waals surface area contributed by atoms with Crippen LogP contribution in [0, 0.1) is 6.92 Å². The fourth-order valence-corrected chi connectivity index (χ4v) is 2.20. The number of amides is 1. The quantitative estimate of drug-likeness (QED) is 0.743. The van der Waals surface area contributed by atoms with Crippen molar-refractivity contribution < 1.29 is 19.1 Å². The van der Waals surface area contributed by atoms with Gasteiger partial charge in [0.1, 0.15) is 6.61 Å². The molecule has 0 fully saturated rings. The molecule has 1 amide bonds. The zero-order chi connectivity index (χ0) is 18.1. The highest BCUT2D eigenvalue weighted by Gasteiger charge is 2.07. The fourth-order valence-electron chi connectivity index (χ4n) is 2.20. The van der Waals surface area contributed by atoms with Crippen LogP contribution in [0.4, 0.5) is 5.69 Å². The Hall–Kier alpha value is -2.66. The number of rotatable bonds is 8. The average Bonchev–Trinajstić information content (AvgIpc) is 2.60. The third-order valence-electron chi connectivity index (χ3n) is 3.43. The van der Waals surface area contributed by atoms with Crippen LogP contribution < -0.4 is 5.32 Å². The predicted octanol–water partition coefficient (Wildman–Crippen LogP) is 3.72. The zero-order valence-corrected chi connectivity index (χ0v) is 14.6. The lowest BCUT2D eigenvalue weighted by Gasteiger charge is -2.08. The maximum atomic E-state index is 11.9. The molecule has 1 N–H and O–H groups in total. The first-order valence-corrected chi connectivity index (χ1v) is 8.29. The third-order valence-corrected chi connectivity index (χ3v) is 3.43. The van der Waals surface area contributed by atoms with E-state index in [1.165, 1.54) is 0 Å². The van der Waals surface area contributed by atoms with Gasteiger partial charge < -0.3 is 14.8 Å². The van der Waals surface area contributed by atoms with Crippen LogP contribution in [-0.4, -0.2) is 25.1 Å². The van der Waals surface area contributed by atoms with Gasteiger partial charge in [0.25, 0.3) is 0 Å². The molecular weight excluding hydrogens is 318 g/mol. The van der Waals surface area contributed by atoms with Gasteiger partial charge in [-0.3, -0.25) is 4.79 Å². The molecule has 0 saturated carbocycles. The van der Waals surface area contributed by atoms with E-state index in [0.717, 1.165) is 23.2 Å². The molecule has 0 radical (unpaired) electrons. The van der Waals surface area contributed by atoms with Crippen molar-refractivity contribution in [1.29, 1.82) is 0 Å². The van der Waals surface area contributed by atoms with Crippen LogP contribution in [0.2, 0.25) is 0 Å². The molecule has 5 heteroatoms. The molecule has 2 aromatic carbocycles. The highest BCUT2D eigenvalue weighted by atomic mass is 16.5. The molecule has 0 atom stereocenters. The van der Waals surface area contributed by atoms with Gasteiger partial charge >= 0.3 is 5.97 Å². The fraction of sp³-hybridized carbons (Fsp3) is 0.300. The van der Waals surface area contributed by atoms with Crippen LogP contribution in [0.15, 0.2) is 48.5 Å². The van der Waals surface area contributed by atoms with Crippen LogP contribution in [0.25, 0.3) is 0 Å². The Labute approximate surface area is 148 Å². The Balaban J connectivity index is 1.75. The summed E-state index contributed by atoms with van der Waals surface area (Å²) in [6.45, 7) is 4.59. The van der Waals surface area contributed by atoms with Crippen LogP contribution >= 0.6 is 0 Å². The second-order valence-electron chi connectivity index (χ2n) is 5.74. The van der Waals surface area contributed by atoms with Crippen LogP contribution in [0.5, 0.6) is 0 Å². The molecule has 0 bridgehead atoms. The van der Waals surface area contributed by atoms with Gasteiger partial charge in [0, 0.05) is 5.69 Å². The summed E-state index contributed by atoms with van der Waals surface area (Å²) in [7, 11) is 0. The first-order valence-electron chi connectivity index (χ1n) is 8.29. The lowest BCUT2D eigenvalue weighted by atomic mass is 10.1. The Kier molecular flexibility index (Phi) is 7.16. The van der Waals surface area contributed by atoms with Gasteiger partial charge in [-0.05, 0) is 48.7 Å². The minimum absolute atomic E-state index is 0.0335. The van der Waals surface area contributed by atoms with Crippen molar-refractivity contribution in [2.75, 3.05) is 18.5 Å². The molecule has 0 unspecified atom stereocenters. The number of aryl methyl sites for hydroxylation is 1. The number of carbonyl (C=O) groups excluding carboxylic acids is 2. The third kappa shape index (κ3) is 6.39. The number of nitrogens with one attached hydrogen (secondary N) is 1. The number of esters is 1. The van der Waals surface area contributed by atoms with E-state index >= 15 is 0 Å². The van der Waals surface area contributed by atoms with Gasteiger partial charge in [0.15, 0.2) is 0 Å². The van der Waals surface area contributed by atoms with Gasteiger partial charge in [0.05, 0.1) is 18.8 Å². The average molecular weight is 341 g/mol. The van der Waals surface area contributed by atoms with E-state index in [1.807, 2.05) is 38.1 Å². The van der Waals surface area contributed by atoms with Crippen molar-refractivity contribution >= 4 is 17.6 Å². The molecule has 0 spiro atoms. The van der Waals surface area contributed by atoms with Gasteiger partial charge in [-0.1, -0.05) is 31.2 Å². The van der Waals surface area contributed by atoms with Crippen LogP contribution in [0.3, 0.4) is 0 Å². The van der Waals surface area contributed by atoms with E-state index in [1.54, 1.807) is 24.3 Å². The number of benzene rings is 2. The maximum Gasteiger partial charge on any atom is 0.338 e. The van der Waals surface area contributed by atoms with Crippen LogP contribution in [-0.2, 0) is 20.9 Å². The molecule has 25 heavy (non-hydrogen) atoms. The number of carbonyl (C=O) groups is 2. The largest absolute Gasteiger partial charge is 0.462 e. The molecule has 0 heterocycles. The number of anilines is 1. The van der Waals surface area contributed by atoms with E-state index in [4.69, 9.17) is 9.47 Å². The number of ether oxygens (including phenoxy) is 2. The van der Waals surface area contributed by atoms with Gasteiger partial charge in [-0.15, -0.1) is 0 Å². The second-order valence-corrected chi connectivity index (χ2v) is 5.74. The van der Waals surface area contributed by atoms with Crippen molar-refractivity contribution in [3.05, 3.63) is 65.2 Å². The topological polar surface area (TPSA) is 64.6 Å². The molecule has 2 rings (SSSR count). The summed E-state index contributed by atoms with van der Waals surface area (Å²) < 4.78 is 10.5. The second kappa shape index (κ2) is 9.59. The molecule has 0 saturated heterocycles. The Morgan fingerprint density at radius 3 is 2.52 bits per heavy atom. The lowest BCUT2D eigenvalue weighted by Crippen LogP contribution is -2.18. The molecule has 0 aromatic heterocycles. The first kappa shape index (κ1) is 18.7. The normalized spacial score (nSPS) is 10.3. The standard InChI is InChI=1S/C20H23NO4/c1-3-11-25-20(23)17-9-7-16(8-10-17)13-24-14-19(22)21-18-6-4-5-15(2)12-18/h4-10,12H,3,11,13-14H2,1-2H3,(H,21,22). The molecule has 0 aliphatic rings. The zero-order valence-electron chi connectivity index (χ0n) is 14.6. The van der Waals surface area contributed by atoms with E-state index in [9.17, 15) is 9.59 Å². The molecular formula is C20H23NO4. The van der Waals surface area contributed by atoms with Gasteiger partial charge in [0.2, 0.25) is 5.91 Å². The Morgan fingerprint density at radius 1 is 1.08 bits per heavy atom. The summed E-state index contributed by atoms with van der Waals surface area (Å²) in [4.78, 5) is 23.6. The van der Waals surface area contributed by atoms with E-state index < -0.39 is 0 Å². The minimum atomic E-state index is -0.327. The molecule has 5 nitrogen and oxygen atoms in total. The van der Waals surface area contributed by atoms with Crippen molar-refractivity contribution in [3.8, 4) is 0 Å². The first-order chi connectivity index (χ1) is 12.1. The van der Waals surface area contributed by atoms with E-state index in [2.05, 4.69) is 5.32 Å². The van der Waals surface area contributed by atoms with Crippen molar-refractivity contribution in [3.63, 3.8) is 0 Å². The van der Waals surface area contributed by atoms with E-state index in [-0.39, 0.29) is 18.5 Å². The monoisotopic (exact) mass is 341 g/mol. The lowest BCUT2D eigenvalue weighted by molar-refractivity contribution is -0.121. The highest BCUT2D eigenvalue weighted by Crippen LogP contribution is 2.10. The van der Waals surface area contributed by atoms with Crippen LogP contribution in [0.1, 0.15) is 34.8 Å². The Morgan fingerprint density at radius 2 is 1.84 bits per heavy atom. The summed E-state index contributed by atoms with van der Waals surface area (Å²) in [5.74, 6) is -0.530. The highest BCUT2D eigenvalue weighted by molar-refractivity contribution is 5.91. The van der Waals surface area contributed by atoms with Crippen molar-refractivity contribution in [2.24, 2.45) is 0 Å². The van der Waals surface area contributed by atoms with Crippen molar-refractivity contribution in [2.45, 2.75) is 26.9 Å². The minimum Gasteiger partial charge on any atom is -0.462 e. The molecule has 2 aromatic rings. The predicted molar refractivity (Wildman–Crippen MR) is 96.5 cm³/mol. The van der Waals surface area contributed by atoms with E-state index in [0.29, 0.717) is 18.8 Å². The SMILES string of the molecule is CCCOC(=O)c1ccc(COCC(=O)Nc2cccc(C)c2)cc1. The Bertz CT molecular complexity index is 710. The number of hydrogen-bond donors (Lipinski definition) is 1. The summed E-state index contributed by atoms with van der Waals surface area (Å²) in [6, 6.07) is 14.6. The number of hydrogen-bond acceptors (Lipinski definition) is 4. The molecule has 0 aliphatic carbocycles. The van der Waals surface area contributed by atoms with Gasteiger partial charge in [-0.25, -0.2) is 4.79 Å². The smallest absolute Gasteiger partial charge is 0.338 e. The summed E-state index contributed by atoms with van der Waals surface area (Å²) in [6.07, 6.45) is 0.794. The maximum absolute atomic E-state index is 11.9. The van der Waals surface area contributed by atoms with Gasteiger partial charge in [-0.2, -0.15) is 0 Å². The molecule has 132 valence electrons. The van der Waals surface area contributed by atoms with Crippen molar-refractivity contribution in [1.82, 2.24) is 0 Å². The molecule has 0 aliphatic heterocycles. The summed E-state index contributed by atoms with van der Waals surface area (Å²) in [5, 5.41) is 2.79. The summed E-state index contributed by atoms with van der Waals surface area (Å²) >= 11 is 0. The summed E-state index contributed by atoms with van der Waals surface area (Å²) in [5.41, 5.74) is 3.23.